The van der Waals surface area contributed by atoms with Gasteiger partial charge in [-0.3, -0.25) is 14.5 Å². The van der Waals surface area contributed by atoms with Crippen molar-refractivity contribution in [3.63, 3.8) is 0 Å². The molecule has 0 saturated carbocycles. The van der Waals surface area contributed by atoms with E-state index >= 15 is 0 Å². The van der Waals surface area contributed by atoms with Gasteiger partial charge in [0.2, 0.25) is 0 Å². The standard InChI is InChI=1S/C18H30N4O6/c1-2-26-16(23)12-28-22-14-7-8-15(21(10-14)18(22)25)17(24)20-27-11-13-6-4-3-5-9-19-13/h13-15,19H,2-12H2,1H3,(H,20,24)/t13-,14?,15?/m0/s1. The molecule has 3 amide bonds. The third-order valence-electron chi connectivity index (χ3n) is 5.37. The summed E-state index contributed by atoms with van der Waals surface area (Å²) in [6.45, 7) is 3.40. The predicted octanol–water partition coefficient (Wildman–Crippen LogP) is 0.330. The molecule has 3 heterocycles. The molecule has 3 aliphatic heterocycles. The number of urea groups is 1. The second-order valence-electron chi connectivity index (χ2n) is 7.36. The summed E-state index contributed by atoms with van der Waals surface area (Å²) in [5.74, 6) is -0.853. The topological polar surface area (TPSA) is 109 Å². The molecule has 2 bridgehead atoms. The maximum absolute atomic E-state index is 12.6. The average molecular weight is 398 g/mol. The van der Waals surface area contributed by atoms with Crippen molar-refractivity contribution in [2.45, 2.75) is 63.6 Å². The molecule has 158 valence electrons. The van der Waals surface area contributed by atoms with Crippen LogP contribution in [0.4, 0.5) is 4.79 Å². The van der Waals surface area contributed by atoms with Gasteiger partial charge in [-0.2, -0.15) is 5.06 Å². The number of hydroxylamine groups is 3. The molecule has 0 aromatic heterocycles. The second kappa shape index (κ2) is 10.0. The molecular formula is C18H30N4O6. The smallest absolute Gasteiger partial charge is 0.345 e. The van der Waals surface area contributed by atoms with Crippen LogP contribution in [0.15, 0.2) is 0 Å². The van der Waals surface area contributed by atoms with Crippen LogP contribution >= 0.6 is 0 Å². The lowest BCUT2D eigenvalue weighted by Gasteiger charge is -2.29. The highest BCUT2D eigenvalue weighted by Gasteiger charge is 2.48. The number of rotatable bonds is 8. The summed E-state index contributed by atoms with van der Waals surface area (Å²) >= 11 is 0. The van der Waals surface area contributed by atoms with Gasteiger partial charge >= 0.3 is 12.0 Å². The Morgan fingerprint density at radius 2 is 2.07 bits per heavy atom. The Labute approximate surface area is 164 Å². The molecule has 3 aliphatic rings. The van der Waals surface area contributed by atoms with E-state index in [4.69, 9.17) is 14.4 Å². The Balaban J connectivity index is 1.45. The summed E-state index contributed by atoms with van der Waals surface area (Å²) < 4.78 is 4.81. The molecule has 10 nitrogen and oxygen atoms in total. The average Bonchev–Trinajstić information content (AvgIpc) is 2.87. The van der Waals surface area contributed by atoms with Gasteiger partial charge in [-0.15, -0.1) is 0 Å². The first kappa shape index (κ1) is 20.8. The Morgan fingerprint density at radius 3 is 2.89 bits per heavy atom. The van der Waals surface area contributed by atoms with Crippen molar-refractivity contribution in [1.82, 2.24) is 20.8 Å². The van der Waals surface area contributed by atoms with E-state index in [1.165, 1.54) is 16.4 Å². The maximum Gasteiger partial charge on any atom is 0.345 e. The van der Waals surface area contributed by atoms with E-state index in [0.717, 1.165) is 25.8 Å². The normalized spacial score (nSPS) is 27.5. The number of hydrogen-bond donors (Lipinski definition) is 2. The zero-order valence-corrected chi connectivity index (χ0v) is 16.4. The lowest BCUT2D eigenvalue weighted by atomic mass is 10.0. The minimum absolute atomic E-state index is 0.165. The number of amides is 3. The van der Waals surface area contributed by atoms with Crippen LogP contribution in [-0.2, 0) is 24.0 Å². The number of fused-ring (bicyclic) bond motifs is 2. The van der Waals surface area contributed by atoms with Crippen molar-refractivity contribution in [3.05, 3.63) is 0 Å². The van der Waals surface area contributed by atoms with Crippen molar-refractivity contribution >= 4 is 17.9 Å². The quantitative estimate of drug-likeness (QED) is 0.448. The summed E-state index contributed by atoms with van der Waals surface area (Å²) in [5.41, 5.74) is 2.50. The maximum atomic E-state index is 12.6. The monoisotopic (exact) mass is 398 g/mol. The van der Waals surface area contributed by atoms with Crippen LogP contribution in [0.3, 0.4) is 0 Å². The fraction of sp³-hybridized carbons (Fsp3) is 0.833. The largest absolute Gasteiger partial charge is 0.464 e. The van der Waals surface area contributed by atoms with E-state index in [0.29, 0.717) is 26.0 Å². The SMILES string of the molecule is CCOC(=O)CON1C(=O)N2CC1CCC2C(=O)NOC[C@@H]1CCCCCN1. The van der Waals surface area contributed by atoms with E-state index in [1.807, 2.05) is 0 Å². The molecule has 3 rings (SSSR count). The van der Waals surface area contributed by atoms with Crippen molar-refractivity contribution in [2.24, 2.45) is 0 Å². The van der Waals surface area contributed by atoms with Crippen LogP contribution < -0.4 is 10.8 Å². The lowest BCUT2D eigenvalue weighted by molar-refractivity contribution is -0.172. The van der Waals surface area contributed by atoms with Gasteiger partial charge in [-0.1, -0.05) is 12.8 Å². The Morgan fingerprint density at radius 1 is 1.21 bits per heavy atom. The molecule has 0 aromatic rings. The molecule has 0 aromatic carbocycles. The van der Waals surface area contributed by atoms with E-state index in [2.05, 4.69) is 10.8 Å². The molecule has 0 spiro atoms. The van der Waals surface area contributed by atoms with Crippen LogP contribution in [0.1, 0.15) is 45.4 Å². The van der Waals surface area contributed by atoms with Gasteiger partial charge in [0.05, 0.1) is 19.3 Å². The van der Waals surface area contributed by atoms with E-state index in [-0.39, 0.29) is 31.2 Å². The fourth-order valence-electron chi connectivity index (χ4n) is 3.92. The highest BCUT2D eigenvalue weighted by atomic mass is 16.7. The molecular weight excluding hydrogens is 368 g/mol. The number of hydrogen-bond acceptors (Lipinski definition) is 7. The Kier molecular flexibility index (Phi) is 7.46. The molecule has 3 atom stereocenters. The van der Waals surface area contributed by atoms with E-state index < -0.39 is 18.0 Å². The minimum Gasteiger partial charge on any atom is -0.464 e. The number of nitrogens with one attached hydrogen (secondary N) is 2. The van der Waals surface area contributed by atoms with Crippen molar-refractivity contribution < 1.29 is 28.8 Å². The van der Waals surface area contributed by atoms with Crippen LogP contribution in [0.2, 0.25) is 0 Å². The van der Waals surface area contributed by atoms with Crippen molar-refractivity contribution in [2.75, 3.05) is 32.9 Å². The third kappa shape index (κ3) is 5.12. The van der Waals surface area contributed by atoms with Crippen LogP contribution in [-0.4, -0.2) is 78.9 Å². The summed E-state index contributed by atoms with van der Waals surface area (Å²) in [5, 5.41) is 4.60. The van der Waals surface area contributed by atoms with Crippen LogP contribution in [0.5, 0.6) is 0 Å². The summed E-state index contributed by atoms with van der Waals surface area (Å²) in [4.78, 5) is 48.8. The number of carbonyl (C=O) groups excluding carboxylic acids is 3. The van der Waals surface area contributed by atoms with Crippen molar-refractivity contribution in [1.29, 1.82) is 0 Å². The van der Waals surface area contributed by atoms with Gasteiger partial charge in [0, 0.05) is 12.6 Å². The van der Waals surface area contributed by atoms with Crippen LogP contribution in [0.25, 0.3) is 0 Å². The van der Waals surface area contributed by atoms with Gasteiger partial charge in [0.1, 0.15) is 6.04 Å². The first-order valence-electron chi connectivity index (χ1n) is 10.1. The van der Waals surface area contributed by atoms with Crippen LogP contribution in [0, 0.1) is 0 Å². The van der Waals surface area contributed by atoms with Gasteiger partial charge in [0.15, 0.2) is 6.61 Å². The molecule has 2 N–H and O–H groups in total. The summed E-state index contributed by atoms with van der Waals surface area (Å²) in [7, 11) is 0. The highest BCUT2D eigenvalue weighted by Crippen LogP contribution is 2.30. The van der Waals surface area contributed by atoms with Gasteiger partial charge in [-0.05, 0) is 39.2 Å². The van der Waals surface area contributed by atoms with Gasteiger partial charge < -0.3 is 15.0 Å². The third-order valence-corrected chi connectivity index (χ3v) is 5.37. The fourth-order valence-corrected chi connectivity index (χ4v) is 3.92. The summed E-state index contributed by atoms with van der Waals surface area (Å²) in [6.07, 6.45) is 5.70. The zero-order valence-electron chi connectivity index (χ0n) is 16.4. The minimum atomic E-state index is -0.595. The van der Waals surface area contributed by atoms with Gasteiger partial charge in [-0.25, -0.2) is 15.1 Å². The van der Waals surface area contributed by atoms with Gasteiger partial charge in [0.25, 0.3) is 5.91 Å². The highest BCUT2D eigenvalue weighted by molar-refractivity contribution is 5.88. The molecule has 28 heavy (non-hydrogen) atoms. The first-order chi connectivity index (χ1) is 13.6. The summed E-state index contributed by atoms with van der Waals surface area (Å²) in [6, 6.07) is -0.930. The Hall–Kier alpha value is -1.91. The first-order valence-corrected chi connectivity index (χ1v) is 10.1. The second-order valence-corrected chi connectivity index (χ2v) is 7.36. The molecule has 0 aliphatic carbocycles. The van der Waals surface area contributed by atoms with Crippen molar-refractivity contribution in [3.8, 4) is 0 Å². The molecule has 10 heteroatoms. The number of esters is 1. The lowest BCUT2D eigenvalue weighted by Crippen LogP contribution is -2.50. The number of nitrogens with zero attached hydrogens (tertiary/aromatic N) is 2. The molecule has 3 saturated heterocycles. The number of ether oxygens (including phenoxy) is 1. The molecule has 0 radical (unpaired) electrons. The molecule has 3 fully saturated rings. The number of carbonyl (C=O) groups is 3. The van der Waals surface area contributed by atoms with E-state index in [1.54, 1.807) is 6.92 Å². The Bertz CT molecular complexity index is 566. The molecule has 2 unspecified atom stereocenters. The number of piperidine rings is 1. The predicted molar refractivity (Wildman–Crippen MR) is 97.7 cm³/mol. The van der Waals surface area contributed by atoms with E-state index in [9.17, 15) is 14.4 Å². The zero-order chi connectivity index (χ0) is 19.9.